The second-order valence-corrected chi connectivity index (χ2v) is 13.9. The van der Waals surface area contributed by atoms with Crippen LogP contribution in [0.2, 0.25) is 24.7 Å². The summed E-state index contributed by atoms with van der Waals surface area (Å²) in [5.74, 6) is 2.90. The van der Waals surface area contributed by atoms with Crippen molar-refractivity contribution in [2.75, 3.05) is 0 Å². The van der Waals surface area contributed by atoms with Crippen LogP contribution in [0.25, 0.3) is 0 Å². The lowest BCUT2D eigenvalue weighted by Gasteiger charge is -2.23. The van der Waals surface area contributed by atoms with Gasteiger partial charge in [0.15, 0.2) is 0 Å². The number of alkyl halides is 1. The van der Waals surface area contributed by atoms with Gasteiger partial charge in [0, 0.05) is 5.02 Å². The van der Waals surface area contributed by atoms with Crippen molar-refractivity contribution in [1.82, 2.24) is 3.82 Å². The average molecular weight is 399 g/mol. The number of nitrogens with zero attached hydrogens (tertiary/aromatic N) is 1. The molecule has 0 aromatic heterocycles. The Labute approximate surface area is 148 Å². The zero-order valence-corrected chi connectivity index (χ0v) is 16.9. The summed E-state index contributed by atoms with van der Waals surface area (Å²) in [6, 6.07) is 5.11. The van der Waals surface area contributed by atoms with Crippen LogP contribution in [0.15, 0.2) is 29.2 Å². The molecule has 0 fully saturated rings. The zero-order valence-electron chi connectivity index (χ0n) is 12.8. The van der Waals surface area contributed by atoms with Crippen LogP contribution < -0.4 is 0 Å². The number of hydrogen-bond donors (Lipinski definition) is 0. The molecule has 0 saturated carbocycles. The summed E-state index contributed by atoms with van der Waals surface area (Å²) in [5.41, 5.74) is 3.12. The van der Waals surface area contributed by atoms with Gasteiger partial charge in [-0.05, 0) is 43.0 Å². The summed E-state index contributed by atoms with van der Waals surface area (Å²) >= 11 is 18.0. The van der Waals surface area contributed by atoms with E-state index in [1.165, 1.54) is 24.3 Å². The molecule has 0 N–H and O–H groups in total. The van der Waals surface area contributed by atoms with Crippen LogP contribution in [0.4, 0.5) is 0 Å². The van der Waals surface area contributed by atoms with Gasteiger partial charge in [-0.15, -0.1) is 21.0 Å². The molecule has 2 unspecified atom stereocenters. The van der Waals surface area contributed by atoms with Crippen LogP contribution in [0.5, 0.6) is 0 Å². The molecule has 0 aliphatic carbocycles. The van der Waals surface area contributed by atoms with E-state index in [0.29, 0.717) is 5.02 Å². The molecule has 1 aromatic rings. The topological polar surface area (TPSA) is 37.4 Å². The SMILES string of the molecule is CC(C(Cl)C#C[Si](C)(C)C)N(Cl)S(=O)(=O)c1ccc(Cl)cc1. The van der Waals surface area contributed by atoms with E-state index in [2.05, 4.69) is 31.1 Å². The van der Waals surface area contributed by atoms with Crippen molar-refractivity contribution in [3.63, 3.8) is 0 Å². The quantitative estimate of drug-likeness (QED) is 0.327. The maximum absolute atomic E-state index is 12.4. The number of benzene rings is 1. The molecule has 22 heavy (non-hydrogen) atoms. The van der Waals surface area contributed by atoms with Gasteiger partial charge in [0.05, 0.1) is 10.9 Å². The van der Waals surface area contributed by atoms with E-state index in [1.807, 2.05) is 0 Å². The van der Waals surface area contributed by atoms with E-state index in [9.17, 15) is 8.42 Å². The van der Waals surface area contributed by atoms with Crippen molar-refractivity contribution >= 4 is 53.1 Å². The second-order valence-electron chi connectivity index (χ2n) is 5.86. The fourth-order valence-corrected chi connectivity index (χ4v) is 4.13. The van der Waals surface area contributed by atoms with Gasteiger partial charge in [-0.3, -0.25) is 0 Å². The summed E-state index contributed by atoms with van der Waals surface area (Å²) in [7, 11) is -5.44. The minimum Gasteiger partial charge on any atom is -0.206 e. The highest BCUT2D eigenvalue weighted by atomic mass is 35.5. The molecule has 8 heteroatoms. The molecule has 1 rings (SSSR count). The maximum atomic E-state index is 12.4. The van der Waals surface area contributed by atoms with E-state index >= 15 is 0 Å². The molecule has 0 heterocycles. The fraction of sp³-hybridized carbons (Fsp3) is 0.429. The number of hydrogen-bond acceptors (Lipinski definition) is 2. The standard InChI is InChI=1S/C14H18Cl3NO2SSi/c1-11(14(16)9-10-22(2,3)4)18(17)21(19,20)13-7-5-12(15)6-8-13/h5-8,11,14H,1-4H3. The lowest BCUT2D eigenvalue weighted by Crippen LogP contribution is -2.36. The molecule has 0 amide bonds. The molecule has 2 atom stereocenters. The molecule has 0 saturated heterocycles. The van der Waals surface area contributed by atoms with Crippen molar-refractivity contribution in [3.05, 3.63) is 29.3 Å². The van der Waals surface area contributed by atoms with Crippen LogP contribution >= 0.6 is 35.0 Å². The first kappa shape index (κ1) is 19.8. The third-order valence-corrected chi connectivity index (χ3v) is 6.80. The Morgan fingerprint density at radius 1 is 1.18 bits per heavy atom. The summed E-state index contributed by atoms with van der Waals surface area (Å²) in [6.07, 6.45) is 0. The Hall–Kier alpha value is -0.223. The molecule has 1 aromatic carbocycles. The minimum atomic E-state index is -3.85. The Morgan fingerprint density at radius 2 is 1.68 bits per heavy atom. The molecule has 0 aliphatic heterocycles. The van der Waals surface area contributed by atoms with Gasteiger partial charge in [-0.2, -0.15) is 0 Å². The molecule has 0 bridgehead atoms. The zero-order chi connectivity index (χ0) is 17.1. The van der Waals surface area contributed by atoms with Gasteiger partial charge in [0.1, 0.15) is 13.5 Å². The molecular formula is C14H18Cl3NO2SSi. The molecule has 0 spiro atoms. The first-order valence-corrected chi connectivity index (χ1v) is 12.7. The molecule has 0 aliphatic rings. The number of halogens is 3. The average Bonchev–Trinajstić information content (AvgIpc) is 2.42. The summed E-state index contributed by atoms with van der Waals surface area (Å²) < 4.78 is 25.6. The Kier molecular flexibility index (Phi) is 6.82. The van der Waals surface area contributed by atoms with E-state index in [-0.39, 0.29) is 4.90 Å². The second kappa shape index (κ2) is 7.56. The van der Waals surface area contributed by atoms with Gasteiger partial charge in [-0.25, -0.2) is 8.42 Å². The van der Waals surface area contributed by atoms with Crippen LogP contribution in [0.3, 0.4) is 0 Å². The van der Waals surface area contributed by atoms with Gasteiger partial charge >= 0.3 is 0 Å². The van der Waals surface area contributed by atoms with Crippen molar-refractivity contribution in [1.29, 1.82) is 0 Å². The molecular weight excluding hydrogens is 381 g/mol. The Morgan fingerprint density at radius 3 is 2.14 bits per heavy atom. The monoisotopic (exact) mass is 397 g/mol. The summed E-state index contributed by atoms with van der Waals surface area (Å²) in [5, 5.41) is -0.240. The van der Waals surface area contributed by atoms with Crippen molar-refractivity contribution < 1.29 is 8.42 Å². The van der Waals surface area contributed by atoms with Crippen molar-refractivity contribution in [2.24, 2.45) is 0 Å². The predicted octanol–water partition coefficient (Wildman–Crippen LogP) is 4.36. The molecule has 0 radical (unpaired) electrons. The Bertz CT molecular complexity index is 675. The summed E-state index contributed by atoms with van der Waals surface area (Å²) in [6.45, 7) is 7.86. The van der Waals surface area contributed by atoms with E-state index in [4.69, 9.17) is 35.0 Å². The lowest BCUT2D eigenvalue weighted by atomic mass is 10.2. The first-order valence-electron chi connectivity index (χ1n) is 6.58. The van der Waals surface area contributed by atoms with Crippen LogP contribution in [-0.2, 0) is 10.0 Å². The first-order chi connectivity index (χ1) is 9.95. The normalized spacial score (nSPS) is 15.1. The highest BCUT2D eigenvalue weighted by molar-refractivity contribution is 7.90. The van der Waals surface area contributed by atoms with Crippen LogP contribution in [0.1, 0.15) is 6.92 Å². The van der Waals surface area contributed by atoms with Crippen LogP contribution in [0, 0.1) is 11.5 Å². The van der Waals surface area contributed by atoms with Gasteiger partial charge < -0.3 is 0 Å². The van der Waals surface area contributed by atoms with Crippen LogP contribution in [-0.4, -0.2) is 31.7 Å². The minimum absolute atomic E-state index is 0.0563. The highest BCUT2D eigenvalue weighted by Crippen LogP contribution is 2.24. The van der Waals surface area contributed by atoms with Gasteiger partial charge in [-0.1, -0.05) is 37.2 Å². The van der Waals surface area contributed by atoms with Gasteiger partial charge in [0.25, 0.3) is 10.0 Å². The third-order valence-electron chi connectivity index (χ3n) is 2.67. The van der Waals surface area contributed by atoms with E-state index < -0.39 is 29.5 Å². The van der Waals surface area contributed by atoms with E-state index in [0.717, 1.165) is 3.82 Å². The van der Waals surface area contributed by atoms with Crippen molar-refractivity contribution in [2.45, 2.75) is 42.9 Å². The molecule has 122 valence electrons. The van der Waals surface area contributed by atoms with E-state index in [1.54, 1.807) is 6.92 Å². The third kappa shape index (κ3) is 5.45. The highest BCUT2D eigenvalue weighted by Gasteiger charge is 2.31. The maximum Gasteiger partial charge on any atom is 0.256 e. The van der Waals surface area contributed by atoms with Gasteiger partial charge in [0.2, 0.25) is 0 Å². The summed E-state index contributed by atoms with van der Waals surface area (Å²) in [4.78, 5) is 0.0563. The predicted molar refractivity (Wildman–Crippen MR) is 96.6 cm³/mol. The number of sulfonamides is 1. The lowest BCUT2D eigenvalue weighted by molar-refractivity contribution is 0.479. The number of rotatable bonds is 4. The molecule has 3 nitrogen and oxygen atoms in total. The largest absolute Gasteiger partial charge is 0.256 e. The van der Waals surface area contributed by atoms with Crippen molar-refractivity contribution in [3.8, 4) is 11.5 Å². The Balaban J connectivity index is 3.00. The fourth-order valence-electron chi connectivity index (χ4n) is 1.44. The smallest absolute Gasteiger partial charge is 0.206 e.